The molecule has 0 unspecified atom stereocenters. The van der Waals surface area contributed by atoms with Crippen LogP contribution in [-0.4, -0.2) is 17.2 Å². The van der Waals surface area contributed by atoms with Crippen LogP contribution in [0.5, 0.6) is 0 Å². The fourth-order valence-corrected chi connectivity index (χ4v) is 1.57. The second-order valence-corrected chi connectivity index (χ2v) is 3.49. The molecule has 0 aliphatic heterocycles. The summed E-state index contributed by atoms with van der Waals surface area (Å²) in [5, 5.41) is 17.3. The third-order valence-corrected chi connectivity index (χ3v) is 2.47. The Labute approximate surface area is 90.8 Å². The highest BCUT2D eigenvalue weighted by Gasteiger charge is 2.35. The molecule has 15 heavy (non-hydrogen) atoms. The van der Waals surface area contributed by atoms with Crippen LogP contribution in [0, 0.1) is 5.82 Å². The minimum Gasteiger partial charge on any atom is -0.423 e. The summed E-state index contributed by atoms with van der Waals surface area (Å²) in [7, 11) is -2.15. The summed E-state index contributed by atoms with van der Waals surface area (Å²) in [4.78, 5) is 0. The van der Waals surface area contributed by atoms with Gasteiger partial charge in [-0.15, -0.1) is 0 Å². The van der Waals surface area contributed by atoms with Gasteiger partial charge in [0.05, 0.1) is 10.0 Å². The van der Waals surface area contributed by atoms with Crippen LogP contribution in [0.2, 0.25) is 0 Å². The van der Waals surface area contributed by atoms with Crippen molar-refractivity contribution in [3.63, 3.8) is 0 Å². The maximum atomic E-state index is 13.2. The summed E-state index contributed by atoms with van der Waals surface area (Å²) in [5.41, 5.74) is -1.82. The Morgan fingerprint density at radius 2 is 1.73 bits per heavy atom. The predicted molar refractivity (Wildman–Crippen MR) is 48.9 cm³/mol. The Kier molecular flexibility index (Phi) is 3.42. The van der Waals surface area contributed by atoms with Crippen LogP contribution in [-0.2, 0) is 6.18 Å². The van der Waals surface area contributed by atoms with Gasteiger partial charge in [0, 0.05) is 5.46 Å². The fourth-order valence-electron chi connectivity index (χ4n) is 0.983. The van der Waals surface area contributed by atoms with Gasteiger partial charge in [-0.3, -0.25) is 0 Å². The van der Waals surface area contributed by atoms with E-state index in [1.807, 2.05) is 0 Å². The van der Waals surface area contributed by atoms with Crippen molar-refractivity contribution in [3.8, 4) is 0 Å². The second kappa shape index (κ2) is 4.11. The van der Waals surface area contributed by atoms with Crippen molar-refractivity contribution in [3.05, 3.63) is 28.0 Å². The Morgan fingerprint density at radius 3 is 2.13 bits per heavy atom. The first-order chi connectivity index (χ1) is 6.75. The molecule has 0 amide bonds. The first kappa shape index (κ1) is 12.5. The first-order valence-corrected chi connectivity index (χ1v) is 4.45. The van der Waals surface area contributed by atoms with Crippen molar-refractivity contribution in [1.29, 1.82) is 0 Å². The molecule has 0 fully saturated rings. The third-order valence-electron chi connectivity index (χ3n) is 1.70. The Bertz CT molecular complexity index is 380. The Hall–Kier alpha value is -0.595. The molecule has 0 saturated carbocycles. The minimum atomic E-state index is -4.70. The molecule has 2 nitrogen and oxygen atoms in total. The normalized spacial score (nSPS) is 11.7. The summed E-state index contributed by atoms with van der Waals surface area (Å²) < 4.78 is 49.1. The van der Waals surface area contributed by atoms with Gasteiger partial charge in [-0.25, -0.2) is 4.39 Å². The lowest BCUT2D eigenvalue weighted by atomic mass is 9.79. The molecule has 0 aromatic heterocycles. The topological polar surface area (TPSA) is 40.5 Å². The summed E-state index contributed by atoms with van der Waals surface area (Å²) in [6.45, 7) is 0. The third kappa shape index (κ3) is 2.50. The van der Waals surface area contributed by atoms with Gasteiger partial charge in [0.2, 0.25) is 0 Å². The lowest BCUT2D eigenvalue weighted by Gasteiger charge is -2.11. The Morgan fingerprint density at radius 1 is 1.20 bits per heavy atom. The van der Waals surface area contributed by atoms with Crippen LogP contribution in [0.15, 0.2) is 16.6 Å². The zero-order chi connectivity index (χ0) is 11.8. The van der Waals surface area contributed by atoms with Crippen molar-refractivity contribution < 1.29 is 27.6 Å². The van der Waals surface area contributed by atoms with Gasteiger partial charge >= 0.3 is 13.3 Å². The lowest BCUT2D eigenvalue weighted by Crippen LogP contribution is -2.33. The molecule has 1 aromatic rings. The molecule has 0 radical (unpaired) electrons. The van der Waals surface area contributed by atoms with Crippen molar-refractivity contribution in [2.24, 2.45) is 0 Å². The van der Waals surface area contributed by atoms with E-state index in [9.17, 15) is 17.6 Å². The number of hydrogen-bond donors (Lipinski definition) is 2. The van der Waals surface area contributed by atoms with E-state index in [4.69, 9.17) is 10.0 Å². The van der Waals surface area contributed by atoms with Crippen molar-refractivity contribution in [2.75, 3.05) is 0 Å². The van der Waals surface area contributed by atoms with Gasteiger partial charge in [0.25, 0.3) is 0 Å². The van der Waals surface area contributed by atoms with E-state index >= 15 is 0 Å². The molecule has 1 aromatic carbocycles. The van der Waals surface area contributed by atoms with Gasteiger partial charge < -0.3 is 10.0 Å². The monoisotopic (exact) mass is 286 g/mol. The van der Waals surface area contributed by atoms with E-state index in [1.165, 1.54) is 0 Å². The zero-order valence-electron chi connectivity index (χ0n) is 7.02. The van der Waals surface area contributed by atoms with Gasteiger partial charge in [-0.05, 0) is 22.0 Å². The minimum absolute atomic E-state index is 0.571. The molecule has 0 saturated heterocycles. The van der Waals surface area contributed by atoms with Gasteiger partial charge in [-0.1, -0.05) is 6.07 Å². The average molecular weight is 287 g/mol. The van der Waals surface area contributed by atoms with Crippen LogP contribution < -0.4 is 5.46 Å². The highest BCUT2D eigenvalue weighted by molar-refractivity contribution is 9.10. The summed E-state index contributed by atoms with van der Waals surface area (Å²) in [5.74, 6) is -1.33. The molecule has 82 valence electrons. The van der Waals surface area contributed by atoms with E-state index in [-0.39, 0.29) is 0 Å². The van der Waals surface area contributed by atoms with Gasteiger partial charge in [0.15, 0.2) is 0 Å². The maximum absolute atomic E-state index is 13.2. The van der Waals surface area contributed by atoms with Crippen molar-refractivity contribution in [2.45, 2.75) is 6.18 Å². The molecule has 0 atom stereocenters. The van der Waals surface area contributed by atoms with E-state index in [1.54, 1.807) is 0 Å². The van der Waals surface area contributed by atoms with Crippen molar-refractivity contribution in [1.82, 2.24) is 0 Å². The Balaban J connectivity index is 3.34. The SMILES string of the molecule is OB(O)c1ccc(C(F)(F)F)c(Br)c1F. The van der Waals surface area contributed by atoms with Crippen LogP contribution >= 0.6 is 15.9 Å². The van der Waals surface area contributed by atoms with Gasteiger partial charge in [-0.2, -0.15) is 13.2 Å². The predicted octanol–water partition coefficient (Wildman–Crippen LogP) is 1.29. The van der Waals surface area contributed by atoms with E-state index in [0.717, 1.165) is 0 Å². The van der Waals surface area contributed by atoms with Crippen LogP contribution in [0.3, 0.4) is 0 Å². The summed E-state index contributed by atoms with van der Waals surface area (Å²) >= 11 is 2.42. The molecule has 2 N–H and O–H groups in total. The van der Waals surface area contributed by atoms with Crippen LogP contribution in [0.1, 0.15) is 5.56 Å². The molecule has 0 bridgehead atoms. The maximum Gasteiger partial charge on any atom is 0.491 e. The van der Waals surface area contributed by atoms with Gasteiger partial charge in [0.1, 0.15) is 5.82 Å². The van der Waals surface area contributed by atoms with E-state index in [2.05, 4.69) is 15.9 Å². The highest BCUT2D eigenvalue weighted by atomic mass is 79.9. The molecule has 0 aliphatic carbocycles. The summed E-state index contributed by atoms with van der Waals surface area (Å²) in [6, 6.07) is 1.25. The average Bonchev–Trinajstić information content (AvgIpc) is 2.06. The second-order valence-electron chi connectivity index (χ2n) is 2.70. The van der Waals surface area contributed by atoms with Crippen LogP contribution in [0.25, 0.3) is 0 Å². The number of rotatable bonds is 1. The van der Waals surface area contributed by atoms with Crippen LogP contribution in [0.4, 0.5) is 17.6 Å². The molecular weight excluding hydrogens is 283 g/mol. The standard InChI is InChI=1S/C7H4BBrF4O2/c9-5-3(7(11,12)13)1-2-4(6(5)10)8(14)15/h1-2,14-15H. The quantitative estimate of drug-likeness (QED) is 0.603. The largest absolute Gasteiger partial charge is 0.491 e. The fraction of sp³-hybridized carbons (Fsp3) is 0.143. The molecular formula is C7H4BBrF4O2. The lowest BCUT2D eigenvalue weighted by molar-refractivity contribution is -0.138. The molecule has 0 aliphatic rings. The van der Waals surface area contributed by atoms with E-state index in [0.29, 0.717) is 12.1 Å². The number of alkyl halides is 3. The summed E-state index contributed by atoms with van der Waals surface area (Å²) in [6.07, 6.45) is -4.70. The number of benzene rings is 1. The molecule has 1 rings (SSSR count). The molecule has 0 heterocycles. The number of halogens is 5. The smallest absolute Gasteiger partial charge is 0.423 e. The van der Waals surface area contributed by atoms with E-state index < -0.39 is 34.6 Å². The molecule has 8 heteroatoms. The zero-order valence-corrected chi connectivity index (χ0v) is 8.60. The highest BCUT2D eigenvalue weighted by Crippen LogP contribution is 2.35. The molecule has 0 spiro atoms. The number of hydrogen-bond acceptors (Lipinski definition) is 2. The van der Waals surface area contributed by atoms with Crippen molar-refractivity contribution >= 4 is 28.5 Å². The first-order valence-electron chi connectivity index (χ1n) is 3.66.